The number of rotatable bonds is 5. The van der Waals surface area contributed by atoms with Crippen LogP contribution in [0.3, 0.4) is 0 Å². The van der Waals surface area contributed by atoms with Crippen molar-refractivity contribution in [1.29, 1.82) is 0 Å². The van der Waals surface area contributed by atoms with Gasteiger partial charge in [-0.25, -0.2) is 4.79 Å². The number of ether oxygens (including phenoxy) is 2. The van der Waals surface area contributed by atoms with E-state index in [1.54, 1.807) is 13.0 Å². The van der Waals surface area contributed by atoms with E-state index >= 15 is 0 Å². The summed E-state index contributed by atoms with van der Waals surface area (Å²) in [6, 6.07) is 4.59. The average molecular weight is 305 g/mol. The van der Waals surface area contributed by atoms with Crippen LogP contribution in [0.4, 0.5) is 0 Å². The Bertz CT molecular complexity index is 732. The molecule has 0 bridgehead atoms. The number of benzene rings is 1. The Morgan fingerprint density at radius 1 is 1.32 bits per heavy atom. The van der Waals surface area contributed by atoms with Crippen molar-refractivity contribution in [2.45, 2.75) is 6.92 Å². The number of nitrogens with zero attached hydrogens (tertiary/aromatic N) is 1. The summed E-state index contributed by atoms with van der Waals surface area (Å²) in [5.74, 6) is -0.955. The van der Waals surface area contributed by atoms with E-state index in [-0.39, 0.29) is 28.6 Å². The minimum Gasteiger partial charge on any atom is -0.502 e. The molecule has 0 aliphatic rings. The second-order valence-electron chi connectivity index (χ2n) is 4.43. The first-order valence-electron chi connectivity index (χ1n) is 6.30. The van der Waals surface area contributed by atoms with Crippen molar-refractivity contribution in [3.05, 3.63) is 35.2 Å². The molecule has 0 radical (unpaired) electrons. The molecule has 1 aromatic carbocycles. The van der Waals surface area contributed by atoms with Gasteiger partial charge < -0.3 is 24.2 Å². The van der Waals surface area contributed by atoms with Gasteiger partial charge in [0, 0.05) is 11.6 Å². The van der Waals surface area contributed by atoms with Gasteiger partial charge in [0.1, 0.15) is 5.57 Å². The fourth-order valence-corrected chi connectivity index (χ4v) is 1.95. The molecule has 0 atom stereocenters. The maximum absolute atomic E-state index is 11.4. The SMILES string of the molecule is COc1ccc(/C=C(\C(=O)O)c2cc(C)no2)c(OC)c1O. The van der Waals surface area contributed by atoms with Gasteiger partial charge >= 0.3 is 5.97 Å². The van der Waals surface area contributed by atoms with Crippen molar-refractivity contribution in [2.75, 3.05) is 14.2 Å². The number of carbonyl (C=O) groups is 1. The van der Waals surface area contributed by atoms with Gasteiger partial charge in [-0.15, -0.1) is 0 Å². The first kappa shape index (κ1) is 15.4. The Hall–Kier alpha value is -2.96. The maximum Gasteiger partial charge on any atom is 0.339 e. The number of phenols is 1. The zero-order valence-electron chi connectivity index (χ0n) is 12.3. The molecule has 0 saturated heterocycles. The van der Waals surface area contributed by atoms with Crippen LogP contribution >= 0.6 is 0 Å². The van der Waals surface area contributed by atoms with E-state index in [0.29, 0.717) is 11.3 Å². The molecule has 1 heterocycles. The Balaban J connectivity index is 2.58. The fraction of sp³-hybridized carbons (Fsp3) is 0.200. The molecule has 116 valence electrons. The van der Waals surface area contributed by atoms with Crippen LogP contribution in [0.25, 0.3) is 11.6 Å². The van der Waals surface area contributed by atoms with Gasteiger partial charge in [0.25, 0.3) is 0 Å². The third kappa shape index (κ3) is 2.88. The minimum absolute atomic E-state index is 0.106. The highest BCUT2D eigenvalue weighted by Crippen LogP contribution is 2.40. The summed E-state index contributed by atoms with van der Waals surface area (Å²) in [5.41, 5.74) is 0.822. The number of hydrogen-bond acceptors (Lipinski definition) is 6. The molecule has 0 spiro atoms. The van der Waals surface area contributed by atoms with Crippen LogP contribution in [0.2, 0.25) is 0 Å². The van der Waals surface area contributed by atoms with Crippen LogP contribution in [0, 0.1) is 6.92 Å². The average Bonchev–Trinajstić information content (AvgIpc) is 2.90. The summed E-state index contributed by atoms with van der Waals surface area (Å²) in [7, 11) is 2.77. The van der Waals surface area contributed by atoms with Gasteiger partial charge in [-0.05, 0) is 25.1 Å². The monoisotopic (exact) mass is 305 g/mol. The van der Waals surface area contributed by atoms with Crippen LogP contribution in [-0.4, -0.2) is 35.6 Å². The molecule has 0 aliphatic heterocycles. The highest BCUT2D eigenvalue weighted by molar-refractivity contribution is 6.20. The number of hydrogen-bond donors (Lipinski definition) is 2. The molecule has 7 nitrogen and oxygen atoms in total. The van der Waals surface area contributed by atoms with Gasteiger partial charge in [0.2, 0.25) is 5.75 Å². The quantitative estimate of drug-likeness (QED) is 0.817. The lowest BCUT2D eigenvalue weighted by Crippen LogP contribution is -1.99. The normalized spacial score (nSPS) is 11.3. The van der Waals surface area contributed by atoms with Crippen LogP contribution in [0.15, 0.2) is 22.7 Å². The molecule has 7 heteroatoms. The van der Waals surface area contributed by atoms with Gasteiger partial charge in [0.15, 0.2) is 17.3 Å². The molecule has 0 aliphatic carbocycles. The largest absolute Gasteiger partial charge is 0.502 e. The second-order valence-corrected chi connectivity index (χ2v) is 4.43. The lowest BCUT2D eigenvalue weighted by atomic mass is 10.1. The number of carboxylic acids is 1. The van der Waals surface area contributed by atoms with Crippen molar-refractivity contribution < 1.29 is 29.0 Å². The molecular formula is C15H15NO6. The van der Waals surface area contributed by atoms with Crippen LogP contribution < -0.4 is 9.47 Å². The summed E-state index contributed by atoms with van der Waals surface area (Å²) >= 11 is 0. The standard InChI is InChI=1S/C15H15NO6/c1-8-6-12(22-16-8)10(15(18)19)7-9-4-5-11(20-2)13(17)14(9)21-3/h4-7,17H,1-3H3,(H,18,19)/b10-7-. The zero-order valence-corrected chi connectivity index (χ0v) is 12.3. The van der Waals surface area contributed by atoms with E-state index in [1.807, 2.05) is 0 Å². The van der Waals surface area contributed by atoms with Crippen LogP contribution in [-0.2, 0) is 4.79 Å². The molecule has 0 amide bonds. The minimum atomic E-state index is -1.19. The number of carboxylic acid groups (broad SMARTS) is 1. The Kier molecular flexibility index (Phi) is 4.36. The summed E-state index contributed by atoms with van der Waals surface area (Å²) in [5, 5.41) is 23.0. The molecule has 0 saturated carbocycles. The molecule has 2 N–H and O–H groups in total. The van der Waals surface area contributed by atoms with E-state index in [4.69, 9.17) is 14.0 Å². The van der Waals surface area contributed by atoms with E-state index < -0.39 is 5.97 Å². The number of phenolic OH excluding ortho intramolecular Hbond substituents is 1. The predicted octanol–water partition coefficient (Wildman–Crippen LogP) is 2.33. The highest BCUT2D eigenvalue weighted by Gasteiger charge is 2.19. The summed E-state index contributed by atoms with van der Waals surface area (Å²) < 4.78 is 15.1. The number of aromatic hydroxyl groups is 1. The lowest BCUT2D eigenvalue weighted by molar-refractivity contribution is -0.130. The molecule has 2 aromatic rings. The van der Waals surface area contributed by atoms with Crippen LogP contribution in [0.5, 0.6) is 17.2 Å². The highest BCUT2D eigenvalue weighted by atomic mass is 16.5. The third-order valence-corrected chi connectivity index (χ3v) is 2.97. The first-order valence-corrected chi connectivity index (χ1v) is 6.30. The molecule has 0 unspecified atom stereocenters. The molecule has 22 heavy (non-hydrogen) atoms. The van der Waals surface area contributed by atoms with E-state index in [1.165, 1.54) is 32.4 Å². The predicted molar refractivity (Wildman–Crippen MR) is 78.0 cm³/mol. The Morgan fingerprint density at radius 2 is 2.05 bits per heavy atom. The number of aromatic nitrogens is 1. The molecule has 1 aromatic heterocycles. The van der Waals surface area contributed by atoms with Crippen molar-refractivity contribution in [1.82, 2.24) is 5.16 Å². The Labute approximate surface area is 126 Å². The van der Waals surface area contributed by atoms with Crippen molar-refractivity contribution in [3.63, 3.8) is 0 Å². The third-order valence-electron chi connectivity index (χ3n) is 2.97. The lowest BCUT2D eigenvalue weighted by Gasteiger charge is -2.11. The second kappa shape index (κ2) is 6.21. The zero-order chi connectivity index (χ0) is 16.3. The van der Waals surface area contributed by atoms with Crippen molar-refractivity contribution in [2.24, 2.45) is 0 Å². The smallest absolute Gasteiger partial charge is 0.339 e. The number of aryl methyl sites for hydroxylation is 1. The van der Waals surface area contributed by atoms with Gasteiger partial charge in [-0.3, -0.25) is 0 Å². The van der Waals surface area contributed by atoms with Crippen LogP contribution in [0.1, 0.15) is 17.0 Å². The van der Waals surface area contributed by atoms with E-state index in [2.05, 4.69) is 5.16 Å². The van der Waals surface area contributed by atoms with Gasteiger partial charge in [-0.2, -0.15) is 0 Å². The van der Waals surface area contributed by atoms with E-state index in [9.17, 15) is 15.0 Å². The molecular weight excluding hydrogens is 290 g/mol. The van der Waals surface area contributed by atoms with Gasteiger partial charge in [0.05, 0.1) is 19.9 Å². The van der Waals surface area contributed by atoms with Crippen molar-refractivity contribution >= 4 is 17.6 Å². The van der Waals surface area contributed by atoms with Gasteiger partial charge in [-0.1, -0.05) is 5.16 Å². The topological polar surface area (TPSA) is 102 Å². The maximum atomic E-state index is 11.4. The molecule has 2 rings (SSSR count). The number of aliphatic carboxylic acids is 1. The summed E-state index contributed by atoms with van der Waals surface area (Å²) in [4.78, 5) is 11.4. The molecule has 0 fully saturated rings. The summed E-state index contributed by atoms with van der Waals surface area (Å²) in [6.07, 6.45) is 1.33. The summed E-state index contributed by atoms with van der Waals surface area (Å²) in [6.45, 7) is 1.69. The number of methoxy groups -OCH3 is 2. The fourth-order valence-electron chi connectivity index (χ4n) is 1.95. The first-order chi connectivity index (χ1) is 10.5. The Morgan fingerprint density at radius 3 is 2.55 bits per heavy atom. The van der Waals surface area contributed by atoms with E-state index in [0.717, 1.165) is 0 Å². The van der Waals surface area contributed by atoms with Crippen molar-refractivity contribution in [3.8, 4) is 17.2 Å².